The number of ether oxygens (including phenoxy) is 2. The van der Waals surface area contributed by atoms with Crippen LogP contribution in [0.4, 0.5) is 5.69 Å². The van der Waals surface area contributed by atoms with E-state index in [1.54, 1.807) is 7.11 Å². The molecule has 0 N–H and O–H groups in total. The van der Waals surface area contributed by atoms with Gasteiger partial charge in [-0.1, -0.05) is 36.4 Å². The minimum Gasteiger partial charge on any atom is -0.497 e. The smallest absolute Gasteiger partial charge is 0.227 e. The summed E-state index contributed by atoms with van der Waals surface area (Å²) in [4.78, 5) is 19.7. The molecule has 1 fully saturated rings. The normalized spacial score (nSPS) is 15.9. The number of aromatic nitrogens is 2. The molecule has 1 aromatic heterocycles. The standard InChI is InChI=1S/C27H27N3O3/c1-19-8-3-6-13-25(19)33-15-14-29-24-12-5-4-11-23(24)28-27(29)20-16-26(31)30(18-20)21-9-7-10-22(17-21)32-2/h3-13,17,20H,14-16,18H2,1-2H3/t20-/m1/s1. The molecule has 1 atom stereocenters. The van der Waals surface area contributed by atoms with E-state index >= 15 is 0 Å². The molecule has 2 heterocycles. The molecule has 0 spiro atoms. The minimum absolute atomic E-state index is 0.00885. The summed E-state index contributed by atoms with van der Waals surface area (Å²) in [7, 11) is 1.63. The van der Waals surface area contributed by atoms with Gasteiger partial charge < -0.3 is 18.9 Å². The van der Waals surface area contributed by atoms with Crippen LogP contribution in [0.25, 0.3) is 11.0 Å². The lowest BCUT2D eigenvalue weighted by Crippen LogP contribution is -2.24. The Morgan fingerprint density at radius 3 is 2.70 bits per heavy atom. The Labute approximate surface area is 193 Å². The van der Waals surface area contributed by atoms with E-state index in [1.165, 1.54) is 0 Å². The van der Waals surface area contributed by atoms with E-state index in [2.05, 4.69) is 10.6 Å². The number of fused-ring (bicyclic) bond motifs is 1. The number of nitrogens with zero attached hydrogens (tertiary/aromatic N) is 3. The van der Waals surface area contributed by atoms with Crippen molar-refractivity contribution in [1.82, 2.24) is 9.55 Å². The van der Waals surface area contributed by atoms with Gasteiger partial charge in [-0.05, 0) is 42.8 Å². The summed E-state index contributed by atoms with van der Waals surface area (Å²) in [6.07, 6.45) is 0.430. The fraction of sp³-hybridized carbons (Fsp3) is 0.259. The van der Waals surface area contributed by atoms with E-state index < -0.39 is 0 Å². The maximum absolute atomic E-state index is 12.9. The predicted octanol–water partition coefficient (Wildman–Crippen LogP) is 4.95. The maximum Gasteiger partial charge on any atom is 0.227 e. The molecule has 5 rings (SSSR count). The molecular weight excluding hydrogens is 414 g/mol. The monoisotopic (exact) mass is 441 g/mol. The van der Waals surface area contributed by atoms with Crippen molar-refractivity contribution >= 4 is 22.6 Å². The van der Waals surface area contributed by atoms with Crippen LogP contribution in [0.5, 0.6) is 11.5 Å². The van der Waals surface area contributed by atoms with Gasteiger partial charge in [0.1, 0.15) is 23.9 Å². The minimum atomic E-state index is 0.00885. The van der Waals surface area contributed by atoms with Gasteiger partial charge in [0, 0.05) is 30.6 Å². The highest BCUT2D eigenvalue weighted by Gasteiger charge is 2.35. The second-order valence-corrected chi connectivity index (χ2v) is 8.33. The highest BCUT2D eigenvalue weighted by Crippen LogP contribution is 2.34. The van der Waals surface area contributed by atoms with Gasteiger partial charge in [0.05, 0.1) is 24.7 Å². The average Bonchev–Trinajstić information content (AvgIpc) is 3.41. The first kappa shape index (κ1) is 21.1. The zero-order chi connectivity index (χ0) is 22.8. The van der Waals surface area contributed by atoms with E-state index in [0.717, 1.165) is 39.6 Å². The highest BCUT2D eigenvalue weighted by atomic mass is 16.5. The molecule has 1 aliphatic heterocycles. The Morgan fingerprint density at radius 1 is 1.03 bits per heavy atom. The third-order valence-electron chi connectivity index (χ3n) is 6.21. The molecule has 0 aliphatic carbocycles. The van der Waals surface area contributed by atoms with Gasteiger partial charge in [-0.25, -0.2) is 4.98 Å². The number of hydrogen-bond donors (Lipinski definition) is 0. The number of para-hydroxylation sites is 3. The van der Waals surface area contributed by atoms with Crippen LogP contribution in [-0.4, -0.2) is 35.7 Å². The molecule has 6 heteroatoms. The first-order valence-electron chi connectivity index (χ1n) is 11.2. The molecule has 1 aliphatic rings. The summed E-state index contributed by atoms with van der Waals surface area (Å²) in [6, 6.07) is 23.8. The SMILES string of the molecule is COc1cccc(N2C[C@H](c3nc4ccccc4n3CCOc3ccccc3C)CC2=O)c1. The number of imidazole rings is 1. The van der Waals surface area contributed by atoms with Crippen molar-refractivity contribution in [2.75, 3.05) is 25.2 Å². The lowest BCUT2D eigenvalue weighted by atomic mass is 10.1. The summed E-state index contributed by atoms with van der Waals surface area (Å²) in [5.41, 5.74) is 3.97. The first-order valence-corrected chi connectivity index (χ1v) is 11.2. The summed E-state index contributed by atoms with van der Waals surface area (Å²) >= 11 is 0. The van der Waals surface area contributed by atoms with Gasteiger partial charge in [-0.3, -0.25) is 4.79 Å². The van der Waals surface area contributed by atoms with E-state index in [-0.39, 0.29) is 11.8 Å². The fourth-order valence-corrected chi connectivity index (χ4v) is 4.51. The second-order valence-electron chi connectivity index (χ2n) is 8.33. The van der Waals surface area contributed by atoms with Crippen molar-refractivity contribution in [3.63, 3.8) is 0 Å². The average molecular weight is 442 g/mol. The molecule has 0 saturated carbocycles. The molecule has 0 radical (unpaired) electrons. The van der Waals surface area contributed by atoms with Crippen molar-refractivity contribution < 1.29 is 14.3 Å². The van der Waals surface area contributed by atoms with Crippen LogP contribution in [0.2, 0.25) is 0 Å². The van der Waals surface area contributed by atoms with Crippen LogP contribution < -0.4 is 14.4 Å². The van der Waals surface area contributed by atoms with Gasteiger partial charge in [0.2, 0.25) is 5.91 Å². The lowest BCUT2D eigenvalue weighted by Gasteiger charge is -2.18. The molecular formula is C27H27N3O3. The van der Waals surface area contributed by atoms with Crippen LogP contribution in [0.15, 0.2) is 72.8 Å². The Bertz CT molecular complexity index is 1300. The van der Waals surface area contributed by atoms with Crippen molar-refractivity contribution in [3.05, 3.63) is 84.2 Å². The van der Waals surface area contributed by atoms with Crippen molar-refractivity contribution in [1.29, 1.82) is 0 Å². The number of benzene rings is 3. The molecule has 0 bridgehead atoms. The zero-order valence-corrected chi connectivity index (χ0v) is 18.9. The van der Waals surface area contributed by atoms with Crippen LogP contribution in [0.3, 0.4) is 0 Å². The van der Waals surface area contributed by atoms with Gasteiger partial charge >= 0.3 is 0 Å². The Morgan fingerprint density at radius 2 is 1.85 bits per heavy atom. The molecule has 168 valence electrons. The number of aryl methyl sites for hydroxylation is 1. The Balaban J connectivity index is 1.41. The number of methoxy groups -OCH3 is 1. The molecule has 33 heavy (non-hydrogen) atoms. The molecule has 1 saturated heterocycles. The quantitative estimate of drug-likeness (QED) is 0.407. The van der Waals surface area contributed by atoms with Gasteiger partial charge in [0.25, 0.3) is 0 Å². The molecule has 1 amide bonds. The second kappa shape index (κ2) is 8.98. The summed E-state index contributed by atoms with van der Waals surface area (Å²) in [5.74, 6) is 2.67. The Kier molecular flexibility index (Phi) is 5.73. The van der Waals surface area contributed by atoms with Crippen molar-refractivity contribution in [3.8, 4) is 11.5 Å². The summed E-state index contributed by atoms with van der Waals surface area (Å²) < 4.78 is 13.6. The van der Waals surface area contributed by atoms with E-state index in [4.69, 9.17) is 14.5 Å². The Hall–Kier alpha value is -3.80. The van der Waals surface area contributed by atoms with Crippen molar-refractivity contribution in [2.45, 2.75) is 25.8 Å². The van der Waals surface area contributed by atoms with Crippen molar-refractivity contribution in [2.24, 2.45) is 0 Å². The number of carbonyl (C=O) groups is 1. The number of anilines is 1. The van der Waals surface area contributed by atoms with Crippen LogP contribution in [0, 0.1) is 6.92 Å². The van der Waals surface area contributed by atoms with Gasteiger partial charge in [0.15, 0.2) is 0 Å². The highest BCUT2D eigenvalue weighted by molar-refractivity contribution is 5.96. The predicted molar refractivity (Wildman–Crippen MR) is 129 cm³/mol. The van der Waals surface area contributed by atoms with Crippen LogP contribution in [-0.2, 0) is 11.3 Å². The third-order valence-corrected chi connectivity index (χ3v) is 6.21. The fourth-order valence-electron chi connectivity index (χ4n) is 4.51. The van der Waals surface area contributed by atoms with Gasteiger partial charge in [-0.15, -0.1) is 0 Å². The molecule has 4 aromatic rings. The maximum atomic E-state index is 12.9. The van der Waals surface area contributed by atoms with E-state index in [9.17, 15) is 4.79 Å². The molecule has 3 aromatic carbocycles. The summed E-state index contributed by atoms with van der Waals surface area (Å²) in [6.45, 7) is 3.82. The first-order chi connectivity index (χ1) is 16.1. The van der Waals surface area contributed by atoms with Gasteiger partial charge in [-0.2, -0.15) is 0 Å². The number of hydrogen-bond acceptors (Lipinski definition) is 4. The third kappa shape index (κ3) is 4.16. The largest absolute Gasteiger partial charge is 0.497 e. The lowest BCUT2D eigenvalue weighted by molar-refractivity contribution is -0.117. The number of amides is 1. The van der Waals surface area contributed by atoms with E-state index in [0.29, 0.717) is 26.1 Å². The summed E-state index contributed by atoms with van der Waals surface area (Å²) in [5, 5.41) is 0. The molecule has 0 unspecified atom stereocenters. The van der Waals surface area contributed by atoms with Crippen LogP contribution >= 0.6 is 0 Å². The van der Waals surface area contributed by atoms with E-state index in [1.807, 2.05) is 78.6 Å². The number of rotatable bonds is 7. The zero-order valence-electron chi connectivity index (χ0n) is 18.9. The number of carbonyl (C=O) groups excluding carboxylic acids is 1. The molecule has 6 nitrogen and oxygen atoms in total. The van der Waals surface area contributed by atoms with Crippen LogP contribution in [0.1, 0.15) is 23.7 Å². The topological polar surface area (TPSA) is 56.6 Å².